The first-order valence-corrected chi connectivity index (χ1v) is 10.2. The molecule has 0 spiro atoms. The van der Waals surface area contributed by atoms with Crippen LogP contribution in [0.15, 0.2) is 24.5 Å². The summed E-state index contributed by atoms with van der Waals surface area (Å²) >= 11 is 6.49. The summed E-state index contributed by atoms with van der Waals surface area (Å²) in [4.78, 5) is 44.9. The number of piperidine rings is 1. The first kappa shape index (κ1) is 21.9. The fourth-order valence-corrected chi connectivity index (χ4v) is 3.98. The Bertz CT molecular complexity index is 979. The largest absolute Gasteiger partial charge is 0.351 e. The molecule has 7 nitrogen and oxygen atoms in total. The molecule has 1 atom stereocenters. The Morgan fingerprint density at radius 2 is 1.90 bits per heavy atom. The number of nitrogens with one attached hydrogen (secondary N) is 2. The molecule has 8 heteroatoms. The van der Waals surface area contributed by atoms with E-state index in [0.29, 0.717) is 23.7 Å². The summed E-state index contributed by atoms with van der Waals surface area (Å²) in [6, 6.07) is 3.66. The van der Waals surface area contributed by atoms with E-state index >= 15 is 0 Å². The molecule has 0 bridgehead atoms. The number of rotatable bonds is 5. The highest BCUT2D eigenvalue weighted by atomic mass is 35.5. The standard InChI is InChI=1S/C22H25ClN4O3/c1-12-9-24-20(25-10-12)22(3,4)21(30)26-11-14-7-13(2)18(16(23)8-14)15-5-6-17(28)27-19(15)29/h7-10,15H,5-6,11H2,1-4H3,(H,26,30)(H,27,28,29). The molecule has 2 heterocycles. The van der Waals surface area contributed by atoms with Gasteiger partial charge in [0.1, 0.15) is 11.2 Å². The monoisotopic (exact) mass is 428 g/mol. The Balaban J connectivity index is 1.73. The smallest absolute Gasteiger partial charge is 0.234 e. The molecule has 3 amide bonds. The number of benzene rings is 1. The van der Waals surface area contributed by atoms with Gasteiger partial charge < -0.3 is 5.32 Å². The maximum absolute atomic E-state index is 12.8. The van der Waals surface area contributed by atoms with E-state index in [1.807, 2.05) is 19.9 Å². The lowest BCUT2D eigenvalue weighted by atomic mass is 9.87. The second-order valence-electron chi connectivity index (χ2n) is 8.20. The van der Waals surface area contributed by atoms with E-state index in [-0.39, 0.29) is 24.3 Å². The van der Waals surface area contributed by atoms with E-state index in [1.54, 1.807) is 32.3 Å². The van der Waals surface area contributed by atoms with Crippen LogP contribution in [0.3, 0.4) is 0 Å². The average Bonchev–Trinajstić information content (AvgIpc) is 2.67. The summed E-state index contributed by atoms with van der Waals surface area (Å²) in [5, 5.41) is 5.74. The Labute approximate surface area is 180 Å². The van der Waals surface area contributed by atoms with Gasteiger partial charge >= 0.3 is 0 Å². The van der Waals surface area contributed by atoms with Crippen molar-refractivity contribution in [3.63, 3.8) is 0 Å². The van der Waals surface area contributed by atoms with Crippen LogP contribution in [-0.4, -0.2) is 27.7 Å². The van der Waals surface area contributed by atoms with Gasteiger partial charge in [0.15, 0.2) is 0 Å². The van der Waals surface area contributed by atoms with Gasteiger partial charge in [0.2, 0.25) is 17.7 Å². The van der Waals surface area contributed by atoms with Gasteiger partial charge in [-0.3, -0.25) is 19.7 Å². The maximum Gasteiger partial charge on any atom is 0.234 e. The predicted octanol–water partition coefficient (Wildman–Crippen LogP) is 2.86. The van der Waals surface area contributed by atoms with E-state index in [9.17, 15) is 14.4 Å². The highest BCUT2D eigenvalue weighted by Gasteiger charge is 2.33. The van der Waals surface area contributed by atoms with Gasteiger partial charge in [-0.05, 0) is 62.4 Å². The van der Waals surface area contributed by atoms with E-state index < -0.39 is 11.3 Å². The predicted molar refractivity (Wildman–Crippen MR) is 113 cm³/mol. The Kier molecular flexibility index (Phi) is 6.22. The molecule has 2 N–H and O–H groups in total. The van der Waals surface area contributed by atoms with Gasteiger partial charge in [-0.25, -0.2) is 9.97 Å². The highest BCUT2D eigenvalue weighted by molar-refractivity contribution is 6.32. The second-order valence-corrected chi connectivity index (χ2v) is 8.61. The van der Waals surface area contributed by atoms with E-state index in [0.717, 1.165) is 22.3 Å². The summed E-state index contributed by atoms with van der Waals surface area (Å²) in [7, 11) is 0. The zero-order chi connectivity index (χ0) is 22.1. The molecule has 1 aromatic heterocycles. The van der Waals surface area contributed by atoms with E-state index in [1.165, 1.54) is 0 Å². The molecule has 3 rings (SSSR count). The van der Waals surface area contributed by atoms with E-state index in [4.69, 9.17) is 11.6 Å². The lowest BCUT2D eigenvalue weighted by Gasteiger charge is -2.25. The fraction of sp³-hybridized carbons (Fsp3) is 0.409. The van der Waals surface area contributed by atoms with Gasteiger partial charge in [0, 0.05) is 30.4 Å². The van der Waals surface area contributed by atoms with Gasteiger partial charge in [-0.15, -0.1) is 0 Å². The van der Waals surface area contributed by atoms with Gasteiger partial charge in [-0.1, -0.05) is 17.7 Å². The third-order valence-electron chi connectivity index (χ3n) is 5.34. The molecule has 0 aliphatic carbocycles. The Morgan fingerprint density at radius 3 is 2.50 bits per heavy atom. The minimum absolute atomic E-state index is 0.200. The van der Waals surface area contributed by atoms with Crippen molar-refractivity contribution >= 4 is 29.3 Å². The molecule has 1 fully saturated rings. The molecular weight excluding hydrogens is 404 g/mol. The van der Waals surface area contributed by atoms with E-state index in [2.05, 4.69) is 20.6 Å². The third kappa shape index (κ3) is 4.51. The number of hydrogen-bond donors (Lipinski definition) is 2. The Morgan fingerprint density at radius 1 is 1.23 bits per heavy atom. The molecule has 2 aromatic rings. The van der Waals surface area contributed by atoms with Crippen molar-refractivity contribution in [1.29, 1.82) is 0 Å². The summed E-state index contributed by atoms with van der Waals surface area (Å²) in [5.41, 5.74) is 2.44. The van der Waals surface area contributed by atoms with Crippen LogP contribution >= 0.6 is 11.6 Å². The normalized spacial score (nSPS) is 16.9. The minimum Gasteiger partial charge on any atom is -0.351 e. The zero-order valence-corrected chi connectivity index (χ0v) is 18.3. The molecule has 30 heavy (non-hydrogen) atoms. The molecule has 1 unspecified atom stereocenters. The number of amides is 3. The lowest BCUT2D eigenvalue weighted by Crippen LogP contribution is -2.41. The van der Waals surface area contributed by atoms with Gasteiger partial charge in [0.05, 0.1) is 5.92 Å². The second kappa shape index (κ2) is 8.52. The third-order valence-corrected chi connectivity index (χ3v) is 5.66. The number of aryl methyl sites for hydroxylation is 2. The zero-order valence-electron chi connectivity index (χ0n) is 17.5. The first-order valence-electron chi connectivity index (χ1n) is 9.79. The molecule has 1 aromatic carbocycles. The maximum atomic E-state index is 12.8. The van der Waals surface area contributed by atoms with Crippen molar-refractivity contribution in [2.75, 3.05) is 0 Å². The minimum atomic E-state index is -0.890. The van der Waals surface area contributed by atoms with Crippen LogP contribution in [-0.2, 0) is 26.3 Å². The van der Waals surface area contributed by atoms with Crippen molar-refractivity contribution in [2.45, 2.75) is 58.4 Å². The summed E-state index contributed by atoms with van der Waals surface area (Å²) in [6.07, 6.45) is 4.11. The number of halogens is 1. The highest BCUT2D eigenvalue weighted by Crippen LogP contribution is 2.34. The summed E-state index contributed by atoms with van der Waals surface area (Å²) < 4.78 is 0. The molecule has 1 aliphatic rings. The van der Waals surface area contributed by atoms with Crippen LogP contribution in [0.5, 0.6) is 0 Å². The van der Waals surface area contributed by atoms with Crippen LogP contribution in [0, 0.1) is 13.8 Å². The fourth-order valence-electron chi connectivity index (χ4n) is 3.56. The van der Waals surface area contributed by atoms with Crippen molar-refractivity contribution in [2.24, 2.45) is 0 Å². The number of aromatic nitrogens is 2. The van der Waals surface area contributed by atoms with Crippen LogP contribution in [0.1, 0.15) is 60.7 Å². The summed E-state index contributed by atoms with van der Waals surface area (Å²) in [5.74, 6) is -0.777. The average molecular weight is 429 g/mol. The van der Waals surface area contributed by atoms with Gasteiger partial charge in [0.25, 0.3) is 0 Å². The Hall–Kier alpha value is -2.80. The van der Waals surface area contributed by atoms with Crippen LogP contribution < -0.4 is 10.6 Å². The molecule has 1 saturated heterocycles. The summed E-state index contributed by atoms with van der Waals surface area (Å²) in [6.45, 7) is 7.60. The molecule has 0 saturated carbocycles. The van der Waals surface area contributed by atoms with Crippen LogP contribution in [0.2, 0.25) is 5.02 Å². The van der Waals surface area contributed by atoms with Crippen molar-refractivity contribution < 1.29 is 14.4 Å². The van der Waals surface area contributed by atoms with Gasteiger partial charge in [-0.2, -0.15) is 0 Å². The topological polar surface area (TPSA) is 101 Å². The van der Waals surface area contributed by atoms with Crippen LogP contribution in [0.4, 0.5) is 0 Å². The first-order chi connectivity index (χ1) is 14.1. The molecule has 1 aliphatic heterocycles. The molecule has 158 valence electrons. The van der Waals surface area contributed by atoms with Crippen molar-refractivity contribution in [3.05, 3.63) is 57.6 Å². The molecular formula is C22H25ClN4O3. The number of imide groups is 1. The number of carbonyl (C=O) groups excluding carboxylic acids is 3. The van der Waals surface area contributed by atoms with Crippen molar-refractivity contribution in [1.82, 2.24) is 20.6 Å². The quantitative estimate of drug-likeness (QED) is 0.713. The molecule has 0 radical (unpaired) electrons. The lowest BCUT2D eigenvalue weighted by molar-refractivity contribution is -0.134. The number of hydrogen-bond acceptors (Lipinski definition) is 5. The van der Waals surface area contributed by atoms with Crippen LogP contribution in [0.25, 0.3) is 0 Å². The van der Waals surface area contributed by atoms with Crippen molar-refractivity contribution in [3.8, 4) is 0 Å². The number of carbonyl (C=O) groups is 3. The SMILES string of the molecule is Cc1cnc(C(C)(C)C(=O)NCc2cc(C)c(C3CCC(=O)NC3=O)c(Cl)c2)nc1. The number of nitrogens with zero attached hydrogens (tertiary/aromatic N) is 2.